The van der Waals surface area contributed by atoms with Gasteiger partial charge in [-0.05, 0) is 30.6 Å². The van der Waals surface area contributed by atoms with Crippen molar-refractivity contribution >= 4 is 0 Å². The minimum atomic E-state index is 0.381. The van der Waals surface area contributed by atoms with Crippen LogP contribution < -0.4 is 0 Å². The number of hydrogen-bond acceptors (Lipinski definition) is 1. The summed E-state index contributed by atoms with van der Waals surface area (Å²) in [5.41, 5.74) is 0. The Kier molecular flexibility index (Phi) is 9.18. The number of hydrogen-bond donors (Lipinski definition) is 1. The minimum absolute atomic E-state index is 0.381. The molecule has 0 rings (SSSR count). The lowest BCUT2D eigenvalue weighted by Crippen LogP contribution is -2.09. The van der Waals surface area contributed by atoms with Crippen LogP contribution in [0, 0.1) is 17.8 Å². The van der Waals surface area contributed by atoms with E-state index in [2.05, 4.69) is 27.7 Å². The fraction of sp³-hybridized carbons (Fsp3) is 1.00. The molecule has 0 aromatic heterocycles. The van der Waals surface area contributed by atoms with Crippen molar-refractivity contribution in [3.8, 4) is 0 Å². The van der Waals surface area contributed by atoms with Gasteiger partial charge in [0.1, 0.15) is 0 Å². The van der Waals surface area contributed by atoms with E-state index in [9.17, 15) is 5.11 Å². The normalized spacial score (nSPS) is 15.6. The molecule has 0 heterocycles. The third kappa shape index (κ3) is 8.92. The van der Waals surface area contributed by atoms with Gasteiger partial charge in [-0.1, -0.05) is 53.4 Å². The highest BCUT2D eigenvalue weighted by atomic mass is 16.3. The lowest BCUT2D eigenvalue weighted by atomic mass is 9.90. The lowest BCUT2D eigenvalue weighted by molar-refractivity contribution is 0.196. The van der Waals surface area contributed by atoms with E-state index in [0.717, 1.165) is 11.8 Å². The van der Waals surface area contributed by atoms with Crippen LogP contribution in [-0.2, 0) is 0 Å². The fourth-order valence-corrected chi connectivity index (χ4v) is 2.05. The Hall–Kier alpha value is -0.0400. The van der Waals surface area contributed by atoms with Crippen LogP contribution in [0.1, 0.15) is 66.2 Å². The summed E-state index contributed by atoms with van der Waals surface area (Å²) in [5, 5.41) is 9.28. The third-order valence-corrected chi connectivity index (χ3v) is 3.26. The molecular weight excluding hydrogens is 184 g/mol. The van der Waals surface area contributed by atoms with Gasteiger partial charge >= 0.3 is 0 Å². The van der Waals surface area contributed by atoms with Crippen LogP contribution in [0.4, 0.5) is 0 Å². The maximum atomic E-state index is 9.28. The zero-order valence-corrected chi connectivity index (χ0v) is 11.1. The molecule has 0 amide bonds. The molecule has 2 atom stereocenters. The molecule has 0 aliphatic heterocycles. The summed E-state index contributed by atoms with van der Waals surface area (Å²) >= 11 is 0. The first kappa shape index (κ1) is 15.0. The number of aliphatic hydroxyl groups is 1. The molecule has 0 radical (unpaired) electrons. The van der Waals surface area contributed by atoms with E-state index in [1.54, 1.807) is 0 Å². The second kappa shape index (κ2) is 9.21. The van der Waals surface area contributed by atoms with E-state index in [4.69, 9.17) is 0 Å². The molecule has 1 N–H and O–H groups in total. The Morgan fingerprint density at radius 1 is 0.867 bits per heavy atom. The largest absolute Gasteiger partial charge is 0.396 e. The molecule has 0 aromatic carbocycles. The van der Waals surface area contributed by atoms with Crippen LogP contribution in [0.2, 0.25) is 0 Å². The predicted octanol–water partition coefficient (Wildman–Crippen LogP) is 4.25. The summed E-state index contributed by atoms with van der Waals surface area (Å²) in [6.07, 6.45) is 7.58. The highest BCUT2D eigenvalue weighted by Crippen LogP contribution is 2.21. The van der Waals surface area contributed by atoms with Gasteiger partial charge in [-0.3, -0.25) is 0 Å². The van der Waals surface area contributed by atoms with Crippen LogP contribution in [0.25, 0.3) is 0 Å². The maximum Gasteiger partial charge on any atom is 0.0459 e. The Morgan fingerprint density at radius 2 is 1.47 bits per heavy atom. The molecule has 0 aliphatic carbocycles. The molecule has 0 bridgehead atoms. The molecular formula is C14H30O. The van der Waals surface area contributed by atoms with Crippen LogP contribution in [0.15, 0.2) is 0 Å². The van der Waals surface area contributed by atoms with Gasteiger partial charge in [0.15, 0.2) is 0 Å². The van der Waals surface area contributed by atoms with Crippen molar-refractivity contribution in [2.24, 2.45) is 17.8 Å². The third-order valence-electron chi connectivity index (χ3n) is 3.26. The van der Waals surface area contributed by atoms with Crippen LogP contribution >= 0.6 is 0 Å². The molecule has 92 valence electrons. The van der Waals surface area contributed by atoms with Gasteiger partial charge in [0.25, 0.3) is 0 Å². The van der Waals surface area contributed by atoms with Gasteiger partial charge in [-0.25, -0.2) is 0 Å². The van der Waals surface area contributed by atoms with Crippen molar-refractivity contribution in [3.63, 3.8) is 0 Å². The Morgan fingerprint density at radius 3 is 1.93 bits per heavy atom. The molecule has 0 fully saturated rings. The molecule has 0 saturated heterocycles. The molecule has 0 spiro atoms. The van der Waals surface area contributed by atoms with Crippen LogP contribution in [0.3, 0.4) is 0 Å². The number of aliphatic hydroxyl groups excluding tert-OH is 1. The van der Waals surface area contributed by atoms with E-state index < -0.39 is 0 Å². The summed E-state index contributed by atoms with van der Waals surface area (Å²) < 4.78 is 0. The van der Waals surface area contributed by atoms with Gasteiger partial charge in [0, 0.05) is 6.61 Å². The van der Waals surface area contributed by atoms with Gasteiger partial charge in [0.05, 0.1) is 0 Å². The topological polar surface area (TPSA) is 20.2 Å². The van der Waals surface area contributed by atoms with Crippen molar-refractivity contribution in [1.29, 1.82) is 0 Å². The van der Waals surface area contributed by atoms with Crippen molar-refractivity contribution in [2.45, 2.75) is 66.2 Å². The van der Waals surface area contributed by atoms with Crippen LogP contribution in [0.5, 0.6) is 0 Å². The molecule has 0 aliphatic rings. The summed E-state index contributed by atoms with van der Waals surface area (Å²) in [4.78, 5) is 0. The zero-order valence-electron chi connectivity index (χ0n) is 11.1. The number of rotatable bonds is 9. The predicted molar refractivity (Wildman–Crippen MR) is 68.0 cm³/mol. The van der Waals surface area contributed by atoms with Crippen molar-refractivity contribution in [3.05, 3.63) is 0 Å². The first-order valence-corrected chi connectivity index (χ1v) is 6.70. The van der Waals surface area contributed by atoms with E-state index in [1.165, 1.54) is 38.5 Å². The second-order valence-electron chi connectivity index (χ2n) is 5.49. The smallest absolute Gasteiger partial charge is 0.0459 e. The monoisotopic (exact) mass is 214 g/mol. The molecule has 1 heteroatoms. The summed E-state index contributed by atoms with van der Waals surface area (Å²) in [6.45, 7) is 9.48. The second-order valence-corrected chi connectivity index (χ2v) is 5.49. The minimum Gasteiger partial charge on any atom is -0.396 e. The van der Waals surface area contributed by atoms with Gasteiger partial charge in [-0.2, -0.15) is 0 Å². The average Bonchev–Trinajstić information content (AvgIpc) is 2.18. The zero-order chi connectivity index (χ0) is 11.7. The molecule has 1 nitrogen and oxygen atoms in total. The molecule has 15 heavy (non-hydrogen) atoms. The Labute approximate surface area is 96.3 Å². The SMILES string of the molecule is CCCC(C)CCC(CO)CCC(C)C. The van der Waals surface area contributed by atoms with Crippen molar-refractivity contribution in [1.82, 2.24) is 0 Å². The molecule has 2 unspecified atom stereocenters. The van der Waals surface area contributed by atoms with E-state index >= 15 is 0 Å². The van der Waals surface area contributed by atoms with Crippen molar-refractivity contribution in [2.75, 3.05) is 6.61 Å². The quantitative estimate of drug-likeness (QED) is 0.608. The average molecular weight is 214 g/mol. The first-order valence-electron chi connectivity index (χ1n) is 6.70. The standard InChI is InChI=1S/C14H30O/c1-5-6-13(4)8-10-14(11-15)9-7-12(2)3/h12-15H,5-11H2,1-4H3. The summed E-state index contributed by atoms with van der Waals surface area (Å²) in [7, 11) is 0. The van der Waals surface area contributed by atoms with E-state index in [0.29, 0.717) is 12.5 Å². The first-order chi connectivity index (χ1) is 7.10. The lowest BCUT2D eigenvalue weighted by Gasteiger charge is -2.17. The maximum absolute atomic E-state index is 9.28. The summed E-state index contributed by atoms with van der Waals surface area (Å²) in [6, 6.07) is 0. The Bertz CT molecular complexity index is 131. The molecule has 0 saturated carbocycles. The highest BCUT2D eigenvalue weighted by molar-refractivity contribution is 4.62. The van der Waals surface area contributed by atoms with Crippen molar-refractivity contribution < 1.29 is 5.11 Å². The van der Waals surface area contributed by atoms with Gasteiger partial charge in [0.2, 0.25) is 0 Å². The Balaban J connectivity index is 3.60. The van der Waals surface area contributed by atoms with E-state index in [1.807, 2.05) is 0 Å². The fourth-order valence-electron chi connectivity index (χ4n) is 2.05. The van der Waals surface area contributed by atoms with E-state index in [-0.39, 0.29) is 0 Å². The van der Waals surface area contributed by atoms with Gasteiger partial charge < -0.3 is 5.11 Å². The van der Waals surface area contributed by atoms with Crippen LogP contribution in [-0.4, -0.2) is 11.7 Å². The summed E-state index contributed by atoms with van der Waals surface area (Å²) in [5.74, 6) is 2.15. The highest BCUT2D eigenvalue weighted by Gasteiger charge is 2.10. The van der Waals surface area contributed by atoms with Gasteiger partial charge in [-0.15, -0.1) is 0 Å². The molecule has 0 aromatic rings.